The zero-order chi connectivity index (χ0) is 13.1. The van der Waals surface area contributed by atoms with Gasteiger partial charge in [0.05, 0.1) is 28.4 Å². The van der Waals surface area contributed by atoms with Gasteiger partial charge in [0, 0.05) is 24.0 Å². The van der Waals surface area contributed by atoms with Crippen LogP contribution in [0.3, 0.4) is 0 Å². The van der Waals surface area contributed by atoms with E-state index in [2.05, 4.69) is 16.4 Å². The Balaban J connectivity index is 1.74. The molecule has 96 valence electrons. The smallest absolute Gasteiger partial charge is 0.0991 e. The molecule has 1 aromatic carbocycles. The van der Waals surface area contributed by atoms with Crippen molar-refractivity contribution in [2.75, 3.05) is 6.61 Å². The maximum absolute atomic E-state index is 8.79. The number of rotatable bonds is 3. The monoisotopic (exact) mass is 270 g/mol. The van der Waals surface area contributed by atoms with E-state index in [1.54, 1.807) is 11.3 Å². The van der Waals surface area contributed by atoms with Gasteiger partial charge in [-0.15, -0.1) is 11.3 Å². The first-order chi connectivity index (χ1) is 9.35. The number of ether oxygens (including phenoxy) is 1. The van der Waals surface area contributed by atoms with Crippen LogP contribution in [0.15, 0.2) is 29.6 Å². The fourth-order valence-corrected chi connectivity index (χ4v) is 3.12. The second kappa shape index (κ2) is 5.52. The zero-order valence-corrected chi connectivity index (χ0v) is 11.3. The third-order valence-corrected chi connectivity index (χ3v) is 4.16. The highest BCUT2D eigenvalue weighted by Gasteiger charge is 2.17. The van der Waals surface area contributed by atoms with E-state index >= 15 is 0 Å². The van der Waals surface area contributed by atoms with Gasteiger partial charge in [0.2, 0.25) is 0 Å². The lowest BCUT2D eigenvalue weighted by Crippen LogP contribution is -2.08. The van der Waals surface area contributed by atoms with E-state index in [1.807, 2.05) is 24.3 Å². The lowest BCUT2D eigenvalue weighted by atomic mass is 10.1. The molecule has 0 bridgehead atoms. The molecule has 4 heteroatoms. The number of aromatic nitrogens is 1. The summed E-state index contributed by atoms with van der Waals surface area (Å²) in [7, 11) is 0. The van der Waals surface area contributed by atoms with E-state index in [4.69, 9.17) is 10.00 Å². The maximum atomic E-state index is 8.79. The van der Waals surface area contributed by atoms with Crippen LogP contribution in [-0.4, -0.2) is 17.7 Å². The van der Waals surface area contributed by atoms with Crippen LogP contribution in [-0.2, 0) is 11.2 Å². The number of nitrogens with zero attached hydrogens (tertiary/aromatic N) is 2. The fraction of sp³-hybridized carbons (Fsp3) is 0.333. The standard InChI is InChI=1S/C15H14N2OS/c16-9-11-3-5-12(6-4-11)14-10-19-15(17-14)8-13-2-1-7-18-13/h3-6,10,13H,1-2,7-8H2. The van der Waals surface area contributed by atoms with Crippen LogP contribution in [0.4, 0.5) is 0 Å². The minimum Gasteiger partial charge on any atom is -0.378 e. The summed E-state index contributed by atoms with van der Waals surface area (Å²) in [6.07, 6.45) is 3.57. The number of hydrogen-bond donors (Lipinski definition) is 0. The number of nitriles is 1. The Hall–Kier alpha value is -1.70. The van der Waals surface area contributed by atoms with Crippen LogP contribution in [0.1, 0.15) is 23.4 Å². The summed E-state index contributed by atoms with van der Waals surface area (Å²) in [5.41, 5.74) is 2.73. The molecule has 1 atom stereocenters. The third kappa shape index (κ3) is 2.83. The molecule has 1 unspecified atom stereocenters. The largest absolute Gasteiger partial charge is 0.378 e. The van der Waals surface area contributed by atoms with Gasteiger partial charge < -0.3 is 4.74 Å². The summed E-state index contributed by atoms with van der Waals surface area (Å²) < 4.78 is 5.63. The van der Waals surface area contributed by atoms with Crippen LogP contribution in [0, 0.1) is 11.3 Å². The van der Waals surface area contributed by atoms with Gasteiger partial charge in [-0.25, -0.2) is 4.98 Å². The molecule has 2 heterocycles. The molecule has 3 rings (SSSR count). The molecule has 1 aliphatic rings. The summed E-state index contributed by atoms with van der Waals surface area (Å²) in [5.74, 6) is 0. The topological polar surface area (TPSA) is 45.9 Å². The Labute approximate surface area is 116 Å². The van der Waals surface area contributed by atoms with Crippen LogP contribution >= 0.6 is 11.3 Å². The van der Waals surface area contributed by atoms with Gasteiger partial charge in [-0.1, -0.05) is 12.1 Å². The van der Waals surface area contributed by atoms with Crippen LogP contribution in [0.25, 0.3) is 11.3 Å². The van der Waals surface area contributed by atoms with Crippen LogP contribution in [0.2, 0.25) is 0 Å². The summed E-state index contributed by atoms with van der Waals surface area (Å²) in [5, 5.41) is 12.0. The average Bonchev–Trinajstić information content (AvgIpc) is 3.11. The van der Waals surface area contributed by atoms with Crippen molar-refractivity contribution < 1.29 is 4.74 Å². The molecule has 1 fully saturated rings. The van der Waals surface area contributed by atoms with E-state index < -0.39 is 0 Å². The minimum atomic E-state index is 0.347. The Bertz CT molecular complexity index is 591. The Morgan fingerprint density at radius 2 is 2.21 bits per heavy atom. The summed E-state index contributed by atoms with van der Waals surface area (Å²) in [4.78, 5) is 4.66. The van der Waals surface area contributed by atoms with E-state index in [9.17, 15) is 0 Å². The molecule has 1 saturated heterocycles. The van der Waals surface area contributed by atoms with Crippen molar-refractivity contribution in [3.8, 4) is 17.3 Å². The van der Waals surface area contributed by atoms with Crippen LogP contribution < -0.4 is 0 Å². The molecule has 1 aromatic heterocycles. The minimum absolute atomic E-state index is 0.347. The first-order valence-corrected chi connectivity index (χ1v) is 7.29. The predicted molar refractivity (Wildman–Crippen MR) is 74.9 cm³/mol. The molecule has 0 saturated carbocycles. The Kier molecular flexibility index (Phi) is 3.58. The molecule has 19 heavy (non-hydrogen) atoms. The van der Waals surface area contributed by atoms with Crippen molar-refractivity contribution in [3.63, 3.8) is 0 Å². The number of benzene rings is 1. The van der Waals surface area contributed by atoms with Gasteiger partial charge in [0.25, 0.3) is 0 Å². The fourth-order valence-electron chi connectivity index (χ4n) is 2.25. The van der Waals surface area contributed by atoms with Crippen molar-refractivity contribution in [2.24, 2.45) is 0 Å². The molecule has 0 aliphatic carbocycles. The zero-order valence-electron chi connectivity index (χ0n) is 10.5. The lowest BCUT2D eigenvalue weighted by Gasteiger charge is -2.05. The SMILES string of the molecule is N#Cc1ccc(-c2csc(CC3CCCO3)n2)cc1. The molecule has 0 N–H and O–H groups in total. The van der Waals surface area contributed by atoms with E-state index in [1.165, 1.54) is 6.42 Å². The first-order valence-electron chi connectivity index (χ1n) is 6.42. The van der Waals surface area contributed by atoms with Crippen molar-refractivity contribution >= 4 is 11.3 Å². The predicted octanol–water partition coefficient (Wildman–Crippen LogP) is 3.40. The molecule has 0 spiro atoms. The average molecular weight is 270 g/mol. The first kappa shape index (κ1) is 12.3. The summed E-state index contributed by atoms with van der Waals surface area (Å²) in [6, 6.07) is 9.68. The van der Waals surface area contributed by atoms with E-state index in [0.717, 1.165) is 35.7 Å². The highest BCUT2D eigenvalue weighted by molar-refractivity contribution is 7.09. The number of hydrogen-bond acceptors (Lipinski definition) is 4. The van der Waals surface area contributed by atoms with Crippen molar-refractivity contribution in [2.45, 2.75) is 25.4 Å². The van der Waals surface area contributed by atoms with Crippen molar-refractivity contribution in [1.82, 2.24) is 4.98 Å². The van der Waals surface area contributed by atoms with Crippen molar-refractivity contribution in [1.29, 1.82) is 5.26 Å². The van der Waals surface area contributed by atoms with Gasteiger partial charge >= 0.3 is 0 Å². The molecule has 1 aliphatic heterocycles. The van der Waals surface area contributed by atoms with Gasteiger partial charge in [-0.05, 0) is 25.0 Å². The van der Waals surface area contributed by atoms with E-state index in [-0.39, 0.29) is 0 Å². The van der Waals surface area contributed by atoms with Gasteiger partial charge in [0.1, 0.15) is 0 Å². The highest BCUT2D eigenvalue weighted by atomic mass is 32.1. The quantitative estimate of drug-likeness (QED) is 0.858. The third-order valence-electron chi connectivity index (χ3n) is 3.29. The Morgan fingerprint density at radius 3 is 2.89 bits per heavy atom. The maximum Gasteiger partial charge on any atom is 0.0991 e. The van der Waals surface area contributed by atoms with Crippen LogP contribution in [0.5, 0.6) is 0 Å². The molecular weight excluding hydrogens is 256 g/mol. The lowest BCUT2D eigenvalue weighted by molar-refractivity contribution is 0.111. The molecule has 3 nitrogen and oxygen atoms in total. The normalized spacial score (nSPS) is 18.4. The second-order valence-corrected chi connectivity index (χ2v) is 5.60. The van der Waals surface area contributed by atoms with Gasteiger partial charge in [0.15, 0.2) is 0 Å². The van der Waals surface area contributed by atoms with Crippen molar-refractivity contribution in [3.05, 3.63) is 40.2 Å². The molecule has 0 amide bonds. The molecular formula is C15H14N2OS. The summed E-state index contributed by atoms with van der Waals surface area (Å²) >= 11 is 1.69. The summed E-state index contributed by atoms with van der Waals surface area (Å²) in [6.45, 7) is 0.887. The van der Waals surface area contributed by atoms with Gasteiger partial charge in [-0.3, -0.25) is 0 Å². The highest BCUT2D eigenvalue weighted by Crippen LogP contribution is 2.25. The number of thiazole rings is 1. The molecule has 0 radical (unpaired) electrons. The molecule has 2 aromatic rings. The van der Waals surface area contributed by atoms with E-state index in [0.29, 0.717) is 11.7 Å². The Morgan fingerprint density at radius 1 is 1.37 bits per heavy atom. The second-order valence-electron chi connectivity index (χ2n) is 4.65. The van der Waals surface area contributed by atoms with Gasteiger partial charge in [-0.2, -0.15) is 5.26 Å².